The van der Waals surface area contributed by atoms with Crippen LogP contribution in [-0.2, 0) is 6.61 Å². The van der Waals surface area contributed by atoms with Crippen LogP contribution < -0.4 is 10.9 Å². The molecule has 0 bridgehead atoms. The maximum Gasteiger partial charge on any atom is 0.0853 e. The Bertz CT molecular complexity index is 316. The van der Waals surface area contributed by atoms with Crippen molar-refractivity contribution in [2.24, 2.45) is 0 Å². The van der Waals surface area contributed by atoms with E-state index in [-0.39, 0.29) is 6.61 Å². The van der Waals surface area contributed by atoms with E-state index in [9.17, 15) is 0 Å². The SMILES string of the molecule is CC1CC(c2ccnc(CO)c2)NN1. The van der Waals surface area contributed by atoms with E-state index in [0.29, 0.717) is 12.1 Å². The molecule has 2 rings (SSSR count). The number of hydrogen-bond donors (Lipinski definition) is 3. The van der Waals surface area contributed by atoms with Crippen LogP contribution in [0.25, 0.3) is 0 Å². The van der Waals surface area contributed by atoms with Gasteiger partial charge in [0.05, 0.1) is 12.3 Å². The minimum atomic E-state index is 0.00351. The normalized spacial score (nSPS) is 26.7. The lowest BCUT2D eigenvalue weighted by Gasteiger charge is -2.09. The minimum Gasteiger partial charge on any atom is -0.390 e. The van der Waals surface area contributed by atoms with Crippen LogP contribution in [0.5, 0.6) is 0 Å². The summed E-state index contributed by atoms with van der Waals surface area (Å²) < 4.78 is 0. The summed E-state index contributed by atoms with van der Waals surface area (Å²) in [7, 11) is 0. The molecule has 1 aromatic rings. The van der Waals surface area contributed by atoms with Gasteiger partial charge in [0.25, 0.3) is 0 Å². The summed E-state index contributed by atoms with van der Waals surface area (Å²) in [6, 6.07) is 4.75. The second kappa shape index (κ2) is 4.04. The molecule has 4 heteroatoms. The van der Waals surface area contributed by atoms with Gasteiger partial charge in [0.2, 0.25) is 0 Å². The fourth-order valence-electron chi connectivity index (χ4n) is 1.73. The Labute approximate surface area is 83.3 Å². The Morgan fingerprint density at radius 2 is 2.43 bits per heavy atom. The molecule has 1 fully saturated rings. The van der Waals surface area contributed by atoms with Crippen LogP contribution in [0, 0.1) is 0 Å². The van der Waals surface area contributed by atoms with E-state index in [0.717, 1.165) is 12.1 Å². The lowest BCUT2D eigenvalue weighted by Crippen LogP contribution is -2.28. The molecule has 14 heavy (non-hydrogen) atoms. The van der Waals surface area contributed by atoms with E-state index in [1.165, 1.54) is 5.56 Å². The molecule has 0 saturated carbocycles. The molecule has 1 aliphatic rings. The van der Waals surface area contributed by atoms with Gasteiger partial charge < -0.3 is 5.11 Å². The number of aromatic nitrogens is 1. The van der Waals surface area contributed by atoms with Gasteiger partial charge in [-0.05, 0) is 31.0 Å². The zero-order chi connectivity index (χ0) is 9.97. The first-order chi connectivity index (χ1) is 6.79. The van der Waals surface area contributed by atoms with Gasteiger partial charge in [0.1, 0.15) is 0 Å². The number of aliphatic hydroxyl groups excluding tert-OH is 1. The molecule has 2 heterocycles. The van der Waals surface area contributed by atoms with Gasteiger partial charge in [-0.25, -0.2) is 0 Å². The van der Waals surface area contributed by atoms with Gasteiger partial charge in [-0.15, -0.1) is 0 Å². The first-order valence-corrected chi connectivity index (χ1v) is 4.86. The Balaban J connectivity index is 2.15. The van der Waals surface area contributed by atoms with Crippen molar-refractivity contribution in [3.05, 3.63) is 29.6 Å². The fourth-order valence-corrected chi connectivity index (χ4v) is 1.73. The van der Waals surface area contributed by atoms with E-state index in [4.69, 9.17) is 5.11 Å². The smallest absolute Gasteiger partial charge is 0.0853 e. The molecule has 0 radical (unpaired) electrons. The zero-order valence-electron chi connectivity index (χ0n) is 8.20. The summed E-state index contributed by atoms with van der Waals surface area (Å²) in [6.07, 6.45) is 2.81. The van der Waals surface area contributed by atoms with Crippen molar-refractivity contribution in [2.75, 3.05) is 0 Å². The molecular weight excluding hydrogens is 178 g/mol. The summed E-state index contributed by atoms with van der Waals surface area (Å²) in [5.74, 6) is 0. The summed E-state index contributed by atoms with van der Waals surface area (Å²) in [6.45, 7) is 2.14. The third-order valence-electron chi connectivity index (χ3n) is 2.50. The Hall–Kier alpha value is -0.970. The van der Waals surface area contributed by atoms with Gasteiger partial charge in [-0.3, -0.25) is 15.8 Å². The highest BCUT2D eigenvalue weighted by molar-refractivity contribution is 5.20. The van der Waals surface area contributed by atoms with Crippen LogP contribution in [0.1, 0.15) is 30.6 Å². The number of rotatable bonds is 2. The summed E-state index contributed by atoms with van der Waals surface area (Å²) in [5, 5.41) is 8.96. The lowest BCUT2D eigenvalue weighted by molar-refractivity contribution is 0.276. The van der Waals surface area contributed by atoms with Crippen molar-refractivity contribution in [2.45, 2.75) is 32.0 Å². The van der Waals surface area contributed by atoms with E-state index >= 15 is 0 Å². The number of pyridine rings is 1. The molecule has 0 amide bonds. The summed E-state index contributed by atoms with van der Waals surface area (Å²) >= 11 is 0. The first kappa shape index (κ1) is 9.58. The van der Waals surface area contributed by atoms with Crippen LogP contribution in [0.4, 0.5) is 0 Å². The molecule has 1 aliphatic heterocycles. The van der Waals surface area contributed by atoms with Crippen LogP contribution in [0.15, 0.2) is 18.3 Å². The molecule has 0 spiro atoms. The Morgan fingerprint density at radius 3 is 3.07 bits per heavy atom. The average Bonchev–Trinajstić information content (AvgIpc) is 2.65. The minimum absolute atomic E-state index is 0.00351. The molecule has 4 nitrogen and oxygen atoms in total. The van der Waals surface area contributed by atoms with Gasteiger partial charge in [0, 0.05) is 18.3 Å². The molecule has 0 aliphatic carbocycles. The fraction of sp³-hybridized carbons (Fsp3) is 0.500. The molecular formula is C10H15N3O. The summed E-state index contributed by atoms with van der Waals surface area (Å²) in [4.78, 5) is 4.05. The monoisotopic (exact) mass is 193 g/mol. The van der Waals surface area contributed by atoms with Gasteiger partial charge in [-0.1, -0.05) is 0 Å². The van der Waals surface area contributed by atoms with Crippen LogP contribution in [0.3, 0.4) is 0 Å². The van der Waals surface area contributed by atoms with Crippen molar-refractivity contribution in [1.82, 2.24) is 15.8 Å². The summed E-state index contributed by atoms with van der Waals surface area (Å²) in [5.41, 5.74) is 8.29. The molecule has 2 atom stereocenters. The number of hydrazine groups is 1. The molecule has 1 aromatic heterocycles. The second-order valence-electron chi connectivity index (χ2n) is 3.72. The standard InChI is InChI=1S/C10H15N3O/c1-7-4-10(13-12-7)8-2-3-11-9(5-8)6-14/h2-3,5,7,10,12-14H,4,6H2,1H3. The molecule has 76 valence electrons. The van der Waals surface area contributed by atoms with E-state index in [2.05, 4.69) is 22.8 Å². The highest BCUT2D eigenvalue weighted by atomic mass is 16.3. The first-order valence-electron chi connectivity index (χ1n) is 4.86. The zero-order valence-corrected chi connectivity index (χ0v) is 8.20. The quantitative estimate of drug-likeness (QED) is 0.640. The lowest BCUT2D eigenvalue weighted by atomic mass is 10.0. The maximum absolute atomic E-state index is 8.96. The van der Waals surface area contributed by atoms with Crippen LogP contribution in [0.2, 0.25) is 0 Å². The van der Waals surface area contributed by atoms with Gasteiger partial charge in [0.15, 0.2) is 0 Å². The predicted molar refractivity (Wildman–Crippen MR) is 53.3 cm³/mol. The molecule has 3 N–H and O–H groups in total. The number of aliphatic hydroxyl groups is 1. The Kier molecular flexibility index (Phi) is 2.77. The highest BCUT2D eigenvalue weighted by Crippen LogP contribution is 2.21. The number of nitrogens with zero attached hydrogens (tertiary/aromatic N) is 1. The third kappa shape index (κ3) is 1.92. The highest BCUT2D eigenvalue weighted by Gasteiger charge is 2.21. The predicted octanol–water partition coefficient (Wildman–Crippen LogP) is 0.501. The average molecular weight is 193 g/mol. The molecule has 0 aromatic carbocycles. The van der Waals surface area contributed by atoms with Gasteiger partial charge in [-0.2, -0.15) is 0 Å². The number of hydrogen-bond acceptors (Lipinski definition) is 4. The van der Waals surface area contributed by atoms with E-state index in [1.54, 1.807) is 6.20 Å². The van der Waals surface area contributed by atoms with Crippen LogP contribution in [-0.4, -0.2) is 16.1 Å². The van der Waals surface area contributed by atoms with Crippen LogP contribution >= 0.6 is 0 Å². The van der Waals surface area contributed by atoms with Crippen molar-refractivity contribution >= 4 is 0 Å². The van der Waals surface area contributed by atoms with E-state index in [1.807, 2.05) is 12.1 Å². The molecule has 1 saturated heterocycles. The third-order valence-corrected chi connectivity index (χ3v) is 2.50. The van der Waals surface area contributed by atoms with Crippen molar-refractivity contribution < 1.29 is 5.11 Å². The second-order valence-corrected chi connectivity index (χ2v) is 3.72. The van der Waals surface area contributed by atoms with Gasteiger partial charge >= 0.3 is 0 Å². The van der Waals surface area contributed by atoms with Crippen molar-refractivity contribution in [3.8, 4) is 0 Å². The van der Waals surface area contributed by atoms with Crippen molar-refractivity contribution in [1.29, 1.82) is 0 Å². The Morgan fingerprint density at radius 1 is 1.57 bits per heavy atom. The maximum atomic E-state index is 8.96. The van der Waals surface area contributed by atoms with Crippen molar-refractivity contribution in [3.63, 3.8) is 0 Å². The number of nitrogens with one attached hydrogen (secondary N) is 2. The largest absolute Gasteiger partial charge is 0.390 e. The van der Waals surface area contributed by atoms with E-state index < -0.39 is 0 Å². The topological polar surface area (TPSA) is 57.2 Å². The molecule has 2 unspecified atom stereocenters.